The topological polar surface area (TPSA) is 17.8 Å². The van der Waals surface area contributed by atoms with E-state index in [9.17, 15) is 0 Å². The fourth-order valence-corrected chi connectivity index (χ4v) is 3.24. The molecule has 2 nitrogen and oxygen atoms in total. The van der Waals surface area contributed by atoms with Crippen molar-refractivity contribution in [3.05, 3.63) is 45.7 Å². The molecule has 0 fully saturated rings. The van der Waals surface area contributed by atoms with Crippen LogP contribution in [0.2, 0.25) is 10.0 Å². The van der Waals surface area contributed by atoms with Crippen LogP contribution in [0, 0.1) is 0 Å². The normalized spacial score (nSPS) is 10.9. The lowest BCUT2D eigenvalue weighted by Crippen LogP contribution is -1.95. The van der Waals surface area contributed by atoms with Gasteiger partial charge in [-0.25, -0.2) is 4.98 Å². The number of benzene rings is 1. The van der Waals surface area contributed by atoms with Crippen molar-refractivity contribution in [2.75, 3.05) is 0 Å². The summed E-state index contributed by atoms with van der Waals surface area (Å²) >= 11 is 19.4. The van der Waals surface area contributed by atoms with E-state index in [0.717, 1.165) is 22.2 Å². The summed E-state index contributed by atoms with van der Waals surface area (Å²) < 4.78 is 1.99. The Bertz CT molecular complexity index is 554. The smallest absolute Gasteiger partial charge is 0.168 e. The molecule has 2 rings (SSSR count). The van der Waals surface area contributed by atoms with E-state index in [-0.39, 0.29) is 0 Å². The molecule has 0 aliphatic rings. The first-order valence-electron chi connectivity index (χ1n) is 5.25. The summed E-state index contributed by atoms with van der Waals surface area (Å²) in [7, 11) is 1.95. The second kappa shape index (κ2) is 6.20. The predicted molar refractivity (Wildman–Crippen MR) is 78.8 cm³/mol. The van der Waals surface area contributed by atoms with E-state index < -0.39 is 0 Å². The molecule has 0 radical (unpaired) electrons. The van der Waals surface area contributed by atoms with Gasteiger partial charge >= 0.3 is 0 Å². The third-order valence-corrected chi connectivity index (χ3v) is 4.50. The molecule has 0 aliphatic heterocycles. The minimum Gasteiger partial charge on any atom is -0.325 e. The average Bonchev–Trinajstić information content (AvgIpc) is 2.69. The van der Waals surface area contributed by atoms with Crippen LogP contribution in [-0.4, -0.2) is 9.55 Å². The number of hydrogen-bond acceptors (Lipinski definition) is 2. The lowest BCUT2D eigenvalue weighted by molar-refractivity contribution is 0.761. The van der Waals surface area contributed by atoms with Gasteiger partial charge in [-0.1, -0.05) is 41.0 Å². The van der Waals surface area contributed by atoms with Gasteiger partial charge in [0.15, 0.2) is 5.16 Å². The number of rotatable bonds is 4. The van der Waals surface area contributed by atoms with Crippen molar-refractivity contribution in [3.63, 3.8) is 0 Å². The van der Waals surface area contributed by atoms with Gasteiger partial charge in [0.2, 0.25) is 0 Å². The summed E-state index contributed by atoms with van der Waals surface area (Å²) in [5.41, 5.74) is 2.04. The number of aromatic nitrogens is 2. The highest BCUT2D eigenvalue weighted by Crippen LogP contribution is 2.28. The van der Waals surface area contributed by atoms with Crippen LogP contribution < -0.4 is 0 Å². The van der Waals surface area contributed by atoms with Crippen LogP contribution in [0.4, 0.5) is 0 Å². The number of thioether (sulfide) groups is 1. The molecule has 0 atom stereocenters. The van der Waals surface area contributed by atoms with E-state index in [4.69, 9.17) is 34.8 Å². The van der Waals surface area contributed by atoms with Crippen LogP contribution in [0.25, 0.3) is 0 Å². The second-order valence-corrected chi connectivity index (χ2v) is 5.80. The van der Waals surface area contributed by atoms with E-state index in [1.165, 1.54) is 0 Å². The van der Waals surface area contributed by atoms with E-state index in [1.54, 1.807) is 24.0 Å². The molecule has 1 aromatic heterocycles. The van der Waals surface area contributed by atoms with E-state index in [1.807, 2.05) is 23.7 Å². The Morgan fingerprint density at radius 1 is 1.33 bits per heavy atom. The highest BCUT2D eigenvalue weighted by molar-refractivity contribution is 7.98. The molecule has 0 unspecified atom stereocenters. The molecule has 0 spiro atoms. The predicted octanol–water partition coefficient (Wildman–Crippen LogP) is 4.76. The Balaban J connectivity index is 2.09. The van der Waals surface area contributed by atoms with Crippen molar-refractivity contribution in [2.45, 2.75) is 16.8 Å². The molecule has 18 heavy (non-hydrogen) atoms. The summed E-state index contributed by atoms with van der Waals surface area (Å²) in [4.78, 5) is 4.32. The highest BCUT2D eigenvalue weighted by Gasteiger charge is 2.08. The lowest BCUT2D eigenvalue weighted by Gasteiger charge is -2.05. The maximum Gasteiger partial charge on any atom is 0.168 e. The minimum absolute atomic E-state index is 0.464. The third kappa shape index (κ3) is 3.15. The van der Waals surface area contributed by atoms with Gasteiger partial charge < -0.3 is 4.57 Å². The lowest BCUT2D eigenvalue weighted by atomic mass is 10.2. The first kappa shape index (κ1) is 14.1. The second-order valence-electron chi connectivity index (χ2n) is 3.75. The van der Waals surface area contributed by atoms with E-state index in [0.29, 0.717) is 15.9 Å². The standard InChI is InChI=1S/C12H11Cl3N2S/c1-17-10(5-13)6-16-12(17)18-7-8-2-3-9(14)4-11(8)15/h2-4,6H,5,7H2,1H3. The molecule has 0 amide bonds. The van der Waals surface area contributed by atoms with Gasteiger partial charge in [-0.15, -0.1) is 11.6 Å². The van der Waals surface area contributed by atoms with Gasteiger partial charge in [-0.3, -0.25) is 0 Å². The summed E-state index contributed by atoms with van der Waals surface area (Å²) in [6.07, 6.45) is 1.79. The molecule has 6 heteroatoms. The molecule has 1 heterocycles. The number of hydrogen-bond donors (Lipinski definition) is 0. The Morgan fingerprint density at radius 2 is 2.11 bits per heavy atom. The van der Waals surface area contributed by atoms with Crippen LogP contribution in [-0.2, 0) is 18.7 Å². The van der Waals surface area contributed by atoms with Gasteiger partial charge in [0.25, 0.3) is 0 Å². The van der Waals surface area contributed by atoms with Crippen LogP contribution in [0.15, 0.2) is 29.6 Å². The monoisotopic (exact) mass is 320 g/mol. The molecule has 0 bridgehead atoms. The van der Waals surface area contributed by atoms with Crippen LogP contribution >= 0.6 is 46.6 Å². The molecular formula is C12H11Cl3N2S. The molecule has 0 saturated heterocycles. The zero-order valence-electron chi connectivity index (χ0n) is 9.66. The zero-order chi connectivity index (χ0) is 13.1. The molecular weight excluding hydrogens is 311 g/mol. The average molecular weight is 322 g/mol. The highest BCUT2D eigenvalue weighted by atomic mass is 35.5. The van der Waals surface area contributed by atoms with Crippen molar-refractivity contribution in [1.82, 2.24) is 9.55 Å². The summed E-state index contributed by atoms with van der Waals surface area (Å²) in [6, 6.07) is 5.52. The molecule has 2 aromatic rings. The fourth-order valence-electron chi connectivity index (χ4n) is 1.47. The first-order chi connectivity index (χ1) is 8.61. The number of alkyl halides is 1. The number of imidazole rings is 1. The SMILES string of the molecule is Cn1c(CCl)cnc1SCc1ccc(Cl)cc1Cl. The van der Waals surface area contributed by atoms with Crippen molar-refractivity contribution in [3.8, 4) is 0 Å². The van der Waals surface area contributed by atoms with Crippen LogP contribution in [0.3, 0.4) is 0 Å². The fraction of sp³-hybridized carbons (Fsp3) is 0.250. The Hall–Kier alpha value is -0.350. The largest absolute Gasteiger partial charge is 0.325 e. The summed E-state index contributed by atoms with van der Waals surface area (Å²) in [5.74, 6) is 1.22. The van der Waals surface area contributed by atoms with E-state index in [2.05, 4.69) is 4.98 Å². The van der Waals surface area contributed by atoms with Crippen LogP contribution in [0.5, 0.6) is 0 Å². The maximum absolute atomic E-state index is 6.12. The zero-order valence-corrected chi connectivity index (χ0v) is 12.7. The maximum atomic E-state index is 6.12. The third-order valence-electron chi connectivity index (χ3n) is 2.55. The quantitative estimate of drug-likeness (QED) is 0.597. The van der Waals surface area contributed by atoms with Gasteiger partial charge in [0.1, 0.15) is 0 Å². The number of nitrogens with zero attached hydrogens (tertiary/aromatic N) is 2. The number of halogens is 3. The molecule has 1 aromatic carbocycles. The molecule has 96 valence electrons. The summed E-state index contributed by atoms with van der Waals surface area (Å²) in [6.45, 7) is 0. The molecule has 0 aliphatic carbocycles. The van der Waals surface area contributed by atoms with Crippen molar-refractivity contribution < 1.29 is 0 Å². The van der Waals surface area contributed by atoms with Gasteiger partial charge in [-0.05, 0) is 17.7 Å². The van der Waals surface area contributed by atoms with Gasteiger partial charge in [-0.2, -0.15) is 0 Å². The first-order valence-corrected chi connectivity index (χ1v) is 7.52. The Labute approximate surface area is 125 Å². The van der Waals surface area contributed by atoms with Crippen molar-refractivity contribution in [2.24, 2.45) is 7.05 Å². The Kier molecular flexibility index (Phi) is 4.84. The van der Waals surface area contributed by atoms with Crippen molar-refractivity contribution >= 4 is 46.6 Å². The molecule has 0 N–H and O–H groups in total. The van der Waals surface area contributed by atoms with E-state index >= 15 is 0 Å². The van der Waals surface area contributed by atoms with Crippen molar-refractivity contribution in [1.29, 1.82) is 0 Å². The Morgan fingerprint density at radius 3 is 2.72 bits per heavy atom. The minimum atomic E-state index is 0.464. The van der Waals surface area contributed by atoms with Gasteiger partial charge in [0, 0.05) is 22.8 Å². The van der Waals surface area contributed by atoms with Crippen LogP contribution in [0.1, 0.15) is 11.3 Å². The molecule has 0 saturated carbocycles. The van der Waals surface area contributed by atoms with Gasteiger partial charge in [0.05, 0.1) is 17.8 Å². The summed E-state index contributed by atoms with van der Waals surface area (Å²) in [5, 5.41) is 2.26.